The van der Waals surface area contributed by atoms with Crippen molar-refractivity contribution in [2.45, 2.75) is 6.54 Å². The predicted molar refractivity (Wildman–Crippen MR) is 134 cm³/mol. The molecule has 1 amide bonds. The number of anilines is 2. The smallest absolute Gasteiger partial charge is 0.256 e. The summed E-state index contributed by atoms with van der Waals surface area (Å²) in [5.41, 5.74) is 9.06. The average molecular weight is 457 g/mol. The number of benzene rings is 1. The minimum Gasteiger partial charge on any atom is -0.382 e. The van der Waals surface area contributed by atoms with Crippen LogP contribution >= 0.6 is 0 Å². The zero-order valence-electron chi connectivity index (χ0n) is 19.3. The highest BCUT2D eigenvalue weighted by molar-refractivity contribution is 6.04. The highest BCUT2D eigenvalue weighted by atomic mass is 16.1. The van der Waals surface area contributed by atoms with E-state index in [1.165, 1.54) is 0 Å². The lowest BCUT2D eigenvalue weighted by molar-refractivity contribution is 0.102. The van der Waals surface area contributed by atoms with Gasteiger partial charge in [0.25, 0.3) is 5.91 Å². The molecule has 1 aromatic carbocycles. The number of rotatable bonds is 9. The number of hydrogen-bond donors (Lipinski definition) is 3. The van der Waals surface area contributed by atoms with E-state index in [1.54, 1.807) is 36.7 Å². The molecule has 0 aliphatic carbocycles. The van der Waals surface area contributed by atoms with Gasteiger partial charge in [-0.3, -0.25) is 9.20 Å². The molecule has 174 valence electrons. The molecule has 0 saturated heterocycles. The second-order valence-corrected chi connectivity index (χ2v) is 8.02. The second-order valence-electron chi connectivity index (χ2n) is 8.02. The lowest BCUT2D eigenvalue weighted by Crippen LogP contribution is -2.16. The highest BCUT2D eigenvalue weighted by Crippen LogP contribution is 2.28. The summed E-state index contributed by atoms with van der Waals surface area (Å²) in [7, 11) is 4.07. The van der Waals surface area contributed by atoms with Gasteiger partial charge in [0.05, 0.1) is 6.54 Å². The molecular formula is C25H28N8O. The molecule has 0 fully saturated rings. The van der Waals surface area contributed by atoms with Crippen LogP contribution in [0, 0.1) is 0 Å². The van der Waals surface area contributed by atoms with E-state index in [0.717, 1.165) is 35.7 Å². The highest BCUT2D eigenvalue weighted by Gasteiger charge is 2.16. The molecule has 3 aromatic heterocycles. The third-order valence-corrected chi connectivity index (χ3v) is 5.17. The number of nitrogens with one attached hydrogen (secondary N) is 2. The lowest BCUT2D eigenvalue weighted by Gasteiger charge is -2.05. The van der Waals surface area contributed by atoms with Gasteiger partial charge in [-0.1, -0.05) is 30.4 Å². The molecule has 0 aliphatic rings. The molecule has 4 aromatic rings. The van der Waals surface area contributed by atoms with Gasteiger partial charge in [0, 0.05) is 42.8 Å². The molecule has 0 radical (unpaired) electrons. The minimum absolute atomic E-state index is 0.228. The number of nitrogen functional groups attached to an aromatic ring is 1. The second kappa shape index (κ2) is 10.7. The van der Waals surface area contributed by atoms with Crippen LogP contribution in [0.4, 0.5) is 11.6 Å². The maximum atomic E-state index is 12.5. The number of carbonyl (C=O) groups excluding carboxylic acids is 1. The van der Waals surface area contributed by atoms with Gasteiger partial charge >= 0.3 is 0 Å². The van der Waals surface area contributed by atoms with E-state index < -0.39 is 0 Å². The van der Waals surface area contributed by atoms with Gasteiger partial charge in [0.2, 0.25) is 0 Å². The van der Waals surface area contributed by atoms with E-state index in [1.807, 2.05) is 42.9 Å². The van der Waals surface area contributed by atoms with Crippen molar-refractivity contribution < 1.29 is 4.79 Å². The summed E-state index contributed by atoms with van der Waals surface area (Å²) in [6.45, 7) is 2.20. The van der Waals surface area contributed by atoms with E-state index >= 15 is 0 Å². The number of carbonyl (C=O) groups is 1. The molecule has 0 unspecified atom stereocenters. The van der Waals surface area contributed by atoms with Crippen LogP contribution in [0.15, 0.2) is 73.2 Å². The topological polar surface area (TPSA) is 113 Å². The predicted octanol–water partition coefficient (Wildman–Crippen LogP) is 2.83. The molecule has 0 atom stereocenters. The fraction of sp³-hybridized carbons (Fsp3) is 0.200. The normalized spacial score (nSPS) is 11.5. The molecule has 0 bridgehead atoms. The van der Waals surface area contributed by atoms with Crippen molar-refractivity contribution in [1.29, 1.82) is 0 Å². The molecule has 34 heavy (non-hydrogen) atoms. The van der Waals surface area contributed by atoms with Gasteiger partial charge in [-0.2, -0.15) is 0 Å². The van der Waals surface area contributed by atoms with Gasteiger partial charge in [0.15, 0.2) is 0 Å². The Bertz CT molecular complexity index is 1280. The number of likely N-dealkylation sites (N-methyl/N-ethyl adjacent to an activating group) is 1. The summed E-state index contributed by atoms with van der Waals surface area (Å²) in [6.07, 6.45) is 9.37. The van der Waals surface area contributed by atoms with Crippen LogP contribution in [0.2, 0.25) is 0 Å². The number of imidazole rings is 1. The summed E-state index contributed by atoms with van der Waals surface area (Å²) in [4.78, 5) is 27.9. The van der Waals surface area contributed by atoms with Crippen LogP contribution in [0.25, 0.3) is 16.8 Å². The van der Waals surface area contributed by atoms with E-state index in [9.17, 15) is 4.79 Å². The SMILES string of the molecule is CN(C)C/C=C/CNCc1nc(-c2ccc(C(=O)Nc3ccccn3)cc2)c2c(N)nccn12. The quantitative estimate of drug-likeness (QED) is 0.262. The maximum absolute atomic E-state index is 12.5. The average Bonchev–Trinajstić information content (AvgIpc) is 3.22. The number of nitrogens with zero attached hydrogens (tertiary/aromatic N) is 5. The monoisotopic (exact) mass is 456 g/mol. The Labute approximate surface area is 198 Å². The third-order valence-electron chi connectivity index (χ3n) is 5.17. The van der Waals surface area contributed by atoms with Crippen LogP contribution in [0.1, 0.15) is 16.2 Å². The molecule has 4 rings (SSSR count). The van der Waals surface area contributed by atoms with Crippen molar-refractivity contribution in [1.82, 2.24) is 29.6 Å². The van der Waals surface area contributed by atoms with Crippen molar-refractivity contribution in [2.24, 2.45) is 0 Å². The zero-order chi connectivity index (χ0) is 23.9. The van der Waals surface area contributed by atoms with Gasteiger partial charge in [-0.05, 0) is 38.4 Å². The van der Waals surface area contributed by atoms with E-state index in [4.69, 9.17) is 10.7 Å². The largest absolute Gasteiger partial charge is 0.382 e. The molecule has 3 heterocycles. The fourth-order valence-corrected chi connectivity index (χ4v) is 3.49. The summed E-state index contributed by atoms with van der Waals surface area (Å²) in [6, 6.07) is 12.6. The molecule has 0 saturated carbocycles. The van der Waals surface area contributed by atoms with Gasteiger partial charge in [0.1, 0.15) is 28.7 Å². The van der Waals surface area contributed by atoms with Crippen LogP contribution in [-0.4, -0.2) is 57.3 Å². The van der Waals surface area contributed by atoms with Crippen molar-refractivity contribution in [3.8, 4) is 11.3 Å². The standard InChI is InChI=1S/C25H28N8O/c1-32(2)15-6-5-12-27-17-21-31-22(23-24(26)29-14-16-33(21)23)18-8-10-19(11-9-18)25(34)30-20-7-3-4-13-28-20/h3-11,13-14,16,27H,12,15,17H2,1-2H3,(H2,26,29)(H,28,30,34)/b6-5+. The number of pyridine rings is 1. The van der Waals surface area contributed by atoms with E-state index in [-0.39, 0.29) is 5.91 Å². The fourth-order valence-electron chi connectivity index (χ4n) is 3.49. The van der Waals surface area contributed by atoms with Crippen molar-refractivity contribution in [2.75, 3.05) is 38.2 Å². The van der Waals surface area contributed by atoms with Crippen molar-refractivity contribution in [3.05, 3.63) is 84.6 Å². The Morgan fingerprint density at radius 2 is 1.91 bits per heavy atom. The summed E-state index contributed by atoms with van der Waals surface area (Å²) in [5, 5.41) is 6.18. The molecule has 9 heteroatoms. The summed E-state index contributed by atoms with van der Waals surface area (Å²) in [5.74, 6) is 1.51. The van der Waals surface area contributed by atoms with Crippen LogP contribution < -0.4 is 16.4 Å². The third kappa shape index (κ3) is 5.45. The van der Waals surface area contributed by atoms with Gasteiger partial charge in [-0.15, -0.1) is 0 Å². The Morgan fingerprint density at radius 3 is 2.65 bits per heavy atom. The molecule has 4 N–H and O–H groups in total. The van der Waals surface area contributed by atoms with Crippen molar-refractivity contribution in [3.63, 3.8) is 0 Å². The molecule has 0 aliphatic heterocycles. The van der Waals surface area contributed by atoms with Gasteiger partial charge in [-0.25, -0.2) is 15.0 Å². The Kier molecular flexibility index (Phi) is 7.26. The van der Waals surface area contributed by atoms with E-state index in [2.05, 4.69) is 37.7 Å². The number of hydrogen-bond acceptors (Lipinski definition) is 7. The van der Waals surface area contributed by atoms with Gasteiger partial charge < -0.3 is 21.3 Å². The first kappa shape index (κ1) is 23.1. The number of fused-ring (bicyclic) bond motifs is 1. The zero-order valence-corrected chi connectivity index (χ0v) is 19.3. The minimum atomic E-state index is -0.228. The lowest BCUT2D eigenvalue weighted by atomic mass is 10.1. The number of nitrogens with two attached hydrogens (primary N) is 1. The maximum Gasteiger partial charge on any atom is 0.256 e. The first-order valence-electron chi connectivity index (χ1n) is 11.0. The van der Waals surface area contributed by atoms with Crippen molar-refractivity contribution >= 4 is 23.1 Å². The van der Waals surface area contributed by atoms with Crippen LogP contribution in [-0.2, 0) is 6.54 Å². The molecular weight excluding hydrogens is 428 g/mol. The summed E-state index contributed by atoms with van der Waals surface area (Å²) < 4.78 is 1.95. The first-order chi connectivity index (χ1) is 16.5. The summed E-state index contributed by atoms with van der Waals surface area (Å²) >= 11 is 0. The first-order valence-corrected chi connectivity index (χ1v) is 11.0. The van der Waals surface area contributed by atoms with Crippen LogP contribution in [0.5, 0.6) is 0 Å². The van der Waals surface area contributed by atoms with E-state index in [0.29, 0.717) is 23.7 Å². The molecule has 0 spiro atoms. The number of aromatic nitrogens is 4. The Balaban J connectivity index is 1.53. The number of amides is 1. The molecule has 9 nitrogen and oxygen atoms in total. The Hall–Kier alpha value is -4.08. The Morgan fingerprint density at radius 1 is 1.09 bits per heavy atom. The van der Waals surface area contributed by atoms with Crippen LogP contribution in [0.3, 0.4) is 0 Å².